The lowest BCUT2D eigenvalue weighted by molar-refractivity contribution is -0.131. The minimum absolute atomic E-state index is 0.0138. The summed E-state index contributed by atoms with van der Waals surface area (Å²) < 4.78 is 15.4. The first-order valence-electron chi connectivity index (χ1n) is 10.1. The van der Waals surface area contributed by atoms with E-state index in [1.165, 1.54) is 18.2 Å². The highest BCUT2D eigenvalue weighted by Gasteiger charge is 2.17. The Kier molecular flexibility index (Phi) is 6.55. The predicted octanol–water partition coefficient (Wildman–Crippen LogP) is 5.28. The Bertz CT molecular complexity index is 1390. The number of nitrogens with one attached hydrogen (secondary N) is 1. The van der Waals surface area contributed by atoms with Gasteiger partial charge in [-0.05, 0) is 41.5 Å². The Hall–Kier alpha value is -4.24. The number of imidazole rings is 1. The first-order chi connectivity index (χ1) is 16.3. The summed E-state index contributed by atoms with van der Waals surface area (Å²) in [5.41, 5.74) is 2.77. The van der Waals surface area contributed by atoms with Crippen LogP contribution in [0.1, 0.15) is 5.56 Å². The van der Waals surface area contributed by atoms with Crippen molar-refractivity contribution >= 4 is 46.9 Å². The topological polar surface area (TPSA) is 96.2 Å². The van der Waals surface area contributed by atoms with Gasteiger partial charge in [-0.3, -0.25) is 0 Å². The van der Waals surface area contributed by atoms with Crippen molar-refractivity contribution in [1.82, 2.24) is 19.5 Å². The summed E-state index contributed by atoms with van der Waals surface area (Å²) in [4.78, 5) is 26.1. The van der Waals surface area contributed by atoms with E-state index in [0.29, 0.717) is 11.5 Å². The van der Waals surface area contributed by atoms with Crippen molar-refractivity contribution in [2.75, 3.05) is 17.3 Å². The lowest BCUT2D eigenvalue weighted by atomic mass is 10.0. The molecule has 0 aliphatic heterocycles. The molecule has 0 atom stereocenters. The van der Waals surface area contributed by atoms with Gasteiger partial charge in [-0.25, -0.2) is 19.2 Å². The summed E-state index contributed by atoms with van der Waals surface area (Å²) in [5.74, 6) is 0.113. The Labute approximate surface area is 200 Å². The van der Waals surface area contributed by atoms with Crippen LogP contribution in [0.4, 0.5) is 27.7 Å². The Morgan fingerprint density at radius 3 is 2.76 bits per heavy atom. The van der Waals surface area contributed by atoms with Crippen LogP contribution in [0.2, 0.25) is 5.02 Å². The van der Waals surface area contributed by atoms with Crippen LogP contribution in [0.15, 0.2) is 67.3 Å². The van der Waals surface area contributed by atoms with Gasteiger partial charge in [0.15, 0.2) is 0 Å². The standard InChI is InChI=1S/C24H20ClFN6O2/c1-31-14-27-13-21(31)32(2)23-18(16-5-3-4-15(10-16)6-9-22(33)34)12-28-24(30-23)29-17-7-8-20(26)19(25)11-17/h3-14H,1-2H3,(H,33,34)(H,28,29,30)/b9-6+. The number of aliphatic carboxylic acids is 1. The fourth-order valence-corrected chi connectivity index (χ4v) is 3.54. The van der Waals surface area contributed by atoms with Crippen LogP contribution in [-0.4, -0.2) is 37.6 Å². The maximum absolute atomic E-state index is 13.5. The molecule has 2 aromatic heterocycles. The molecule has 8 nitrogen and oxygen atoms in total. The summed E-state index contributed by atoms with van der Waals surface area (Å²) in [6, 6.07) is 11.6. The Balaban J connectivity index is 1.78. The average Bonchev–Trinajstić information content (AvgIpc) is 3.25. The fraction of sp³-hybridized carbons (Fsp3) is 0.0833. The van der Waals surface area contributed by atoms with Crippen molar-refractivity contribution in [2.45, 2.75) is 0 Å². The summed E-state index contributed by atoms with van der Waals surface area (Å²) in [7, 11) is 3.73. The highest BCUT2D eigenvalue weighted by Crippen LogP contribution is 2.34. The molecule has 0 radical (unpaired) electrons. The van der Waals surface area contributed by atoms with E-state index in [0.717, 1.165) is 28.6 Å². The maximum atomic E-state index is 13.5. The number of rotatable bonds is 7. The highest BCUT2D eigenvalue weighted by atomic mass is 35.5. The molecular formula is C24H20ClFN6O2. The average molecular weight is 479 g/mol. The van der Waals surface area contributed by atoms with Gasteiger partial charge in [0.2, 0.25) is 5.95 Å². The number of carboxylic acids is 1. The summed E-state index contributed by atoms with van der Waals surface area (Å²) in [6.45, 7) is 0. The molecule has 4 aromatic rings. The first-order valence-corrected chi connectivity index (χ1v) is 10.5. The number of carbonyl (C=O) groups is 1. The van der Waals surface area contributed by atoms with Crippen molar-refractivity contribution in [3.8, 4) is 11.1 Å². The zero-order chi connectivity index (χ0) is 24.2. The van der Waals surface area contributed by atoms with Gasteiger partial charge in [0.05, 0.1) is 17.5 Å². The Morgan fingerprint density at radius 2 is 2.06 bits per heavy atom. The number of aromatic nitrogens is 4. The van der Waals surface area contributed by atoms with Crippen molar-refractivity contribution < 1.29 is 14.3 Å². The molecule has 0 unspecified atom stereocenters. The van der Waals surface area contributed by atoms with E-state index in [2.05, 4.69) is 15.3 Å². The molecular weight excluding hydrogens is 459 g/mol. The van der Waals surface area contributed by atoms with E-state index in [1.54, 1.807) is 24.8 Å². The fourth-order valence-electron chi connectivity index (χ4n) is 3.35. The molecule has 0 spiro atoms. The van der Waals surface area contributed by atoms with Crippen LogP contribution in [-0.2, 0) is 11.8 Å². The van der Waals surface area contributed by atoms with Gasteiger partial charge in [0.1, 0.15) is 17.5 Å². The van der Waals surface area contributed by atoms with Gasteiger partial charge in [-0.2, -0.15) is 4.98 Å². The second-order valence-electron chi connectivity index (χ2n) is 7.40. The number of halogens is 2. The molecule has 0 fully saturated rings. The number of nitrogens with zero attached hydrogens (tertiary/aromatic N) is 5. The maximum Gasteiger partial charge on any atom is 0.328 e. The van der Waals surface area contributed by atoms with Crippen LogP contribution in [0, 0.1) is 5.82 Å². The number of hydrogen-bond acceptors (Lipinski definition) is 6. The molecule has 172 valence electrons. The molecule has 0 amide bonds. The monoisotopic (exact) mass is 478 g/mol. The second-order valence-corrected chi connectivity index (χ2v) is 7.81. The number of anilines is 4. The van der Waals surface area contributed by atoms with E-state index in [1.807, 2.05) is 47.8 Å². The normalized spacial score (nSPS) is 11.1. The van der Waals surface area contributed by atoms with Gasteiger partial charge < -0.3 is 19.9 Å². The quantitative estimate of drug-likeness (QED) is 0.349. The van der Waals surface area contributed by atoms with Crippen LogP contribution in [0.3, 0.4) is 0 Å². The molecule has 34 heavy (non-hydrogen) atoms. The van der Waals surface area contributed by atoms with Gasteiger partial charge in [0.25, 0.3) is 0 Å². The van der Waals surface area contributed by atoms with Crippen LogP contribution in [0.5, 0.6) is 0 Å². The molecule has 10 heteroatoms. The van der Waals surface area contributed by atoms with Gasteiger partial charge in [0, 0.05) is 37.6 Å². The third-order valence-corrected chi connectivity index (χ3v) is 5.30. The third-order valence-electron chi connectivity index (χ3n) is 5.01. The van der Waals surface area contributed by atoms with Gasteiger partial charge in [-0.15, -0.1) is 0 Å². The summed E-state index contributed by atoms with van der Waals surface area (Å²) in [5, 5.41) is 12.0. The smallest absolute Gasteiger partial charge is 0.328 e. The zero-order valence-electron chi connectivity index (χ0n) is 18.3. The predicted molar refractivity (Wildman–Crippen MR) is 130 cm³/mol. The second kappa shape index (κ2) is 9.72. The molecule has 2 N–H and O–H groups in total. The molecule has 0 bridgehead atoms. The molecule has 0 aliphatic rings. The van der Waals surface area contributed by atoms with E-state index in [9.17, 15) is 9.18 Å². The van der Waals surface area contributed by atoms with Gasteiger partial charge >= 0.3 is 5.97 Å². The Morgan fingerprint density at radius 1 is 1.24 bits per heavy atom. The zero-order valence-corrected chi connectivity index (χ0v) is 19.0. The third kappa shape index (κ3) is 5.05. The molecule has 2 aromatic carbocycles. The summed E-state index contributed by atoms with van der Waals surface area (Å²) >= 11 is 5.90. The lowest BCUT2D eigenvalue weighted by Crippen LogP contribution is -2.16. The molecule has 0 saturated carbocycles. The number of aryl methyl sites for hydroxylation is 1. The molecule has 4 rings (SSSR count). The largest absolute Gasteiger partial charge is 0.478 e. The van der Waals surface area contributed by atoms with Crippen LogP contribution < -0.4 is 10.2 Å². The van der Waals surface area contributed by atoms with Crippen molar-refractivity contribution in [2.24, 2.45) is 7.05 Å². The van der Waals surface area contributed by atoms with E-state index in [-0.39, 0.29) is 11.0 Å². The minimum atomic E-state index is -1.03. The molecule has 0 aliphatic carbocycles. The van der Waals surface area contributed by atoms with Crippen molar-refractivity contribution in [3.63, 3.8) is 0 Å². The van der Waals surface area contributed by atoms with E-state index < -0.39 is 11.8 Å². The van der Waals surface area contributed by atoms with Crippen LogP contribution >= 0.6 is 11.6 Å². The van der Waals surface area contributed by atoms with Crippen LogP contribution in [0.25, 0.3) is 17.2 Å². The minimum Gasteiger partial charge on any atom is -0.478 e. The highest BCUT2D eigenvalue weighted by molar-refractivity contribution is 6.31. The number of benzene rings is 2. The number of hydrogen-bond donors (Lipinski definition) is 2. The van der Waals surface area contributed by atoms with E-state index in [4.69, 9.17) is 21.7 Å². The van der Waals surface area contributed by atoms with Crippen molar-refractivity contribution in [3.05, 3.63) is 83.7 Å². The molecule has 2 heterocycles. The number of carboxylic acid groups (broad SMARTS) is 1. The molecule has 0 saturated heterocycles. The van der Waals surface area contributed by atoms with E-state index >= 15 is 0 Å². The first kappa shape index (κ1) is 22.9. The van der Waals surface area contributed by atoms with Crippen molar-refractivity contribution in [1.29, 1.82) is 0 Å². The lowest BCUT2D eigenvalue weighted by Gasteiger charge is -2.22. The van der Waals surface area contributed by atoms with Gasteiger partial charge in [-0.1, -0.05) is 29.8 Å². The SMILES string of the molecule is CN(c1nc(Nc2ccc(F)c(Cl)c2)ncc1-c1cccc(/C=C/C(=O)O)c1)c1cncn1C. The summed E-state index contributed by atoms with van der Waals surface area (Å²) in [6.07, 6.45) is 7.67.